The predicted octanol–water partition coefficient (Wildman–Crippen LogP) is 8.07. The molecule has 3 atom stereocenters. The van der Waals surface area contributed by atoms with Gasteiger partial charge < -0.3 is 19.9 Å². The Hall–Kier alpha value is -3.88. The van der Waals surface area contributed by atoms with Gasteiger partial charge in [0.25, 0.3) is 5.91 Å². The summed E-state index contributed by atoms with van der Waals surface area (Å²) >= 11 is 3.17. The van der Waals surface area contributed by atoms with Gasteiger partial charge in [0.1, 0.15) is 5.56 Å². The van der Waals surface area contributed by atoms with Crippen molar-refractivity contribution < 1.29 is 41.3 Å². The summed E-state index contributed by atoms with van der Waals surface area (Å²) in [6, 6.07) is 21.2. The highest BCUT2D eigenvalue weighted by molar-refractivity contribution is 8.01. The minimum Gasteiger partial charge on any atom is -0.392 e. The number of thiazole rings is 1. The van der Waals surface area contributed by atoms with Crippen LogP contribution in [-0.2, 0) is 16.1 Å². The first-order valence-corrected chi connectivity index (χ1v) is 15.4. The summed E-state index contributed by atoms with van der Waals surface area (Å²) in [5.41, 5.74) is 1.59. The molecule has 3 unspecified atom stereocenters. The summed E-state index contributed by atoms with van der Waals surface area (Å²) in [5, 5.41) is 11.6. The maximum atomic E-state index is 14.1. The Kier molecular flexibility index (Phi) is 9.15. The molecule has 4 aromatic carbocycles. The molecular weight excluding hydrogens is 635 g/mol. The molecule has 13 heteroatoms. The van der Waals surface area contributed by atoms with Crippen LogP contribution in [0.4, 0.5) is 27.6 Å². The molecule has 0 bridgehead atoms. The molecular formula is C32H23F5N2O4S2. The van der Waals surface area contributed by atoms with Crippen LogP contribution < -0.4 is 5.32 Å². The molecule has 0 radical (unpaired) electrons. The Bertz CT molecular complexity index is 1790. The molecule has 6 rings (SSSR count). The lowest BCUT2D eigenvalue weighted by Crippen LogP contribution is -2.31. The van der Waals surface area contributed by atoms with E-state index in [0.29, 0.717) is 17.7 Å². The monoisotopic (exact) mass is 658 g/mol. The second kappa shape index (κ2) is 13.2. The molecule has 232 valence electrons. The van der Waals surface area contributed by atoms with E-state index in [1.807, 2.05) is 48.5 Å². The van der Waals surface area contributed by atoms with Crippen molar-refractivity contribution in [3.63, 3.8) is 0 Å². The van der Waals surface area contributed by atoms with Crippen molar-refractivity contribution in [2.75, 3.05) is 11.1 Å². The minimum absolute atomic E-state index is 0.0441. The maximum Gasteiger partial charge on any atom is 0.261 e. The number of aliphatic hydroxyl groups excluding tert-OH is 1. The summed E-state index contributed by atoms with van der Waals surface area (Å²) < 4.78 is 83.4. The number of fused-ring (bicyclic) bond motifs is 1. The van der Waals surface area contributed by atoms with Crippen LogP contribution in [0.3, 0.4) is 0 Å². The molecule has 2 N–H and O–H groups in total. The van der Waals surface area contributed by atoms with Crippen LogP contribution in [0.2, 0.25) is 0 Å². The second-order valence-electron chi connectivity index (χ2n) is 10.1. The first kappa shape index (κ1) is 31.1. The average Bonchev–Trinajstić information content (AvgIpc) is 3.49. The zero-order chi connectivity index (χ0) is 31.7. The molecule has 45 heavy (non-hydrogen) atoms. The Morgan fingerprint density at radius 1 is 0.867 bits per heavy atom. The number of amides is 1. The van der Waals surface area contributed by atoms with Gasteiger partial charge in [-0.25, -0.2) is 26.9 Å². The van der Waals surface area contributed by atoms with E-state index < -0.39 is 46.8 Å². The number of hydrogen-bond acceptors (Lipinski definition) is 7. The van der Waals surface area contributed by atoms with Gasteiger partial charge in [-0.2, -0.15) is 0 Å². The smallest absolute Gasteiger partial charge is 0.261 e. The van der Waals surface area contributed by atoms with Crippen LogP contribution in [0.1, 0.15) is 45.9 Å². The first-order chi connectivity index (χ1) is 21.7. The number of thioether (sulfide) groups is 1. The van der Waals surface area contributed by atoms with Gasteiger partial charge in [0, 0.05) is 23.4 Å². The number of ether oxygens (including phenoxy) is 2. The van der Waals surface area contributed by atoms with Crippen molar-refractivity contribution in [2.45, 2.75) is 35.9 Å². The van der Waals surface area contributed by atoms with E-state index in [1.54, 1.807) is 35.2 Å². The van der Waals surface area contributed by atoms with Gasteiger partial charge in [0.2, 0.25) is 5.82 Å². The number of hydrogen-bond donors (Lipinski definition) is 2. The minimum atomic E-state index is -2.35. The van der Waals surface area contributed by atoms with E-state index in [1.165, 1.54) is 12.1 Å². The lowest BCUT2D eigenvalue weighted by atomic mass is 10.0. The quantitative estimate of drug-likeness (QED) is 0.0760. The van der Waals surface area contributed by atoms with Gasteiger partial charge in [-0.1, -0.05) is 60.3 Å². The molecule has 1 aliphatic heterocycles. The highest BCUT2D eigenvalue weighted by Gasteiger charge is 2.33. The second-order valence-corrected chi connectivity index (χ2v) is 12.4. The predicted molar refractivity (Wildman–Crippen MR) is 159 cm³/mol. The third-order valence-corrected chi connectivity index (χ3v) is 9.47. The van der Waals surface area contributed by atoms with Crippen LogP contribution in [0.15, 0.2) is 77.1 Å². The van der Waals surface area contributed by atoms with Crippen molar-refractivity contribution in [3.05, 3.63) is 124 Å². The molecule has 2 heterocycles. The summed E-state index contributed by atoms with van der Waals surface area (Å²) in [4.78, 5) is 17.2. The number of para-hydroxylation sites is 1. The first-order valence-electron chi connectivity index (χ1n) is 13.6. The molecule has 0 saturated carbocycles. The number of nitrogens with one attached hydrogen (secondary N) is 1. The summed E-state index contributed by atoms with van der Waals surface area (Å²) in [5.74, 6) is -12.1. The molecule has 1 saturated heterocycles. The van der Waals surface area contributed by atoms with Crippen molar-refractivity contribution in [1.82, 2.24) is 4.98 Å². The van der Waals surface area contributed by atoms with Crippen LogP contribution in [-0.4, -0.2) is 27.9 Å². The van der Waals surface area contributed by atoms with E-state index in [2.05, 4.69) is 10.3 Å². The SMILES string of the molecule is O=C(Nc1ccc(C2OC(CSc3nc4ccccc4s3)CC(c3ccc(CO)cc3)O2)cc1)c1c(F)c(F)c(F)c(F)c1F. The molecule has 1 fully saturated rings. The zero-order valence-electron chi connectivity index (χ0n) is 23.1. The van der Waals surface area contributed by atoms with Gasteiger partial charge in [-0.05, 0) is 35.4 Å². The number of anilines is 1. The Morgan fingerprint density at radius 3 is 2.18 bits per heavy atom. The van der Waals surface area contributed by atoms with E-state index in [-0.39, 0.29) is 24.5 Å². The van der Waals surface area contributed by atoms with E-state index in [0.717, 1.165) is 25.7 Å². The number of rotatable bonds is 8. The molecule has 0 spiro atoms. The van der Waals surface area contributed by atoms with Crippen molar-refractivity contribution in [1.29, 1.82) is 0 Å². The maximum absolute atomic E-state index is 14.1. The zero-order valence-corrected chi connectivity index (χ0v) is 24.7. The number of aromatic nitrogens is 1. The van der Waals surface area contributed by atoms with Crippen LogP contribution in [0.5, 0.6) is 0 Å². The van der Waals surface area contributed by atoms with Crippen LogP contribution >= 0.6 is 23.1 Å². The highest BCUT2D eigenvalue weighted by atomic mass is 32.2. The third kappa shape index (κ3) is 6.58. The number of carbonyl (C=O) groups excluding carboxylic acids is 1. The number of benzene rings is 4. The van der Waals surface area contributed by atoms with E-state index >= 15 is 0 Å². The van der Waals surface area contributed by atoms with Crippen molar-refractivity contribution >= 4 is 44.9 Å². The summed E-state index contributed by atoms with van der Waals surface area (Å²) in [7, 11) is 0. The van der Waals surface area contributed by atoms with Crippen LogP contribution in [0.25, 0.3) is 10.2 Å². The van der Waals surface area contributed by atoms with Crippen molar-refractivity contribution in [2.24, 2.45) is 0 Å². The fourth-order valence-electron chi connectivity index (χ4n) is 4.82. The Morgan fingerprint density at radius 2 is 1.51 bits per heavy atom. The van der Waals surface area contributed by atoms with Gasteiger partial charge >= 0.3 is 0 Å². The molecule has 0 aliphatic carbocycles. The van der Waals surface area contributed by atoms with Crippen molar-refractivity contribution in [3.8, 4) is 0 Å². The average molecular weight is 659 g/mol. The molecule has 1 amide bonds. The van der Waals surface area contributed by atoms with E-state index in [9.17, 15) is 31.9 Å². The molecule has 1 aromatic heterocycles. The molecule has 5 aromatic rings. The van der Waals surface area contributed by atoms with Crippen LogP contribution in [0, 0.1) is 29.1 Å². The standard InChI is InChI=1S/C32H23F5N2O4S2/c33-25-24(26(34)28(36)29(37)27(25)35)30(41)38-19-11-9-18(10-12-19)31-42-20(13-22(43-31)17-7-5-16(14-40)6-8-17)15-44-32-39-21-3-1-2-4-23(21)45-32/h1-12,20,22,31,40H,13-15H2,(H,38,41). The summed E-state index contributed by atoms with van der Waals surface area (Å²) in [6.45, 7) is -0.0911. The number of aliphatic hydroxyl groups is 1. The van der Waals surface area contributed by atoms with E-state index in [4.69, 9.17) is 9.47 Å². The van der Waals surface area contributed by atoms with Gasteiger partial charge in [-0.15, -0.1) is 11.3 Å². The number of carbonyl (C=O) groups is 1. The highest BCUT2D eigenvalue weighted by Crippen LogP contribution is 2.40. The number of nitrogens with zero attached hydrogens (tertiary/aromatic N) is 1. The third-order valence-electron chi connectivity index (χ3n) is 7.16. The molecule has 6 nitrogen and oxygen atoms in total. The van der Waals surface area contributed by atoms with Gasteiger partial charge in [-0.3, -0.25) is 4.79 Å². The fraction of sp³-hybridized carbons (Fsp3) is 0.188. The molecule has 1 aliphatic rings. The lowest BCUT2D eigenvalue weighted by Gasteiger charge is -2.36. The Balaban J connectivity index is 1.20. The largest absolute Gasteiger partial charge is 0.392 e. The number of halogens is 5. The Labute approximate surface area is 261 Å². The summed E-state index contributed by atoms with van der Waals surface area (Å²) in [6.07, 6.45) is -0.895. The van der Waals surface area contributed by atoms with Gasteiger partial charge in [0.05, 0.1) is 29.0 Å². The normalized spacial score (nSPS) is 18.3. The fourth-order valence-corrected chi connectivity index (χ4v) is 6.93. The topological polar surface area (TPSA) is 80.7 Å². The lowest BCUT2D eigenvalue weighted by molar-refractivity contribution is -0.245. The van der Waals surface area contributed by atoms with Gasteiger partial charge in [0.15, 0.2) is 33.9 Å².